The van der Waals surface area contributed by atoms with Gasteiger partial charge in [0.15, 0.2) is 0 Å². The molecule has 1 amide bonds. The molecule has 2 aromatic carbocycles. The molecular weight excluding hydrogens is 330 g/mol. The summed E-state index contributed by atoms with van der Waals surface area (Å²) in [5.74, 6) is 1.53. The molecule has 0 saturated carbocycles. The van der Waals surface area contributed by atoms with Gasteiger partial charge < -0.3 is 19.9 Å². The minimum atomic E-state index is -0.740. The first kappa shape index (κ1) is 19.8. The molecule has 0 spiro atoms. The van der Waals surface area contributed by atoms with Crippen LogP contribution in [0.15, 0.2) is 42.5 Å². The number of aryl methyl sites for hydroxylation is 2. The molecule has 0 aromatic heterocycles. The lowest BCUT2D eigenvalue weighted by Gasteiger charge is -2.14. The second kappa shape index (κ2) is 9.82. The van der Waals surface area contributed by atoms with Gasteiger partial charge in [-0.25, -0.2) is 0 Å². The van der Waals surface area contributed by atoms with Gasteiger partial charge in [0.2, 0.25) is 5.91 Å². The van der Waals surface area contributed by atoms with Crippen molar-refractivity contribution in [3.8, 4) is 11.5 Å². The zero-order valence-electron chi connectivity index (χ0n) is 15.6. The molecule has 0 aliphatic heterocycles. The van der Waals surface area contributed by atoms with Crippen LogP contribution in [0.3, 0.4) is 0 Å². The van der Waals surface area contributed by atoms with Gasteiger partial charge >= 0.3 is 0 Å². The van der Waals surface area contributed by atoms with Crippen molar-refractivity contribution in [1.82, 2.24) is 5.32 Å². The molecule has 0 heterocycles. The number of amides is 1. The maximum absolute atomic E-state index is 11.9. The third kappa shape index (κ3) is 5.77. The summed E-state index contributed by atoms with van der Waals surface area (Å²) < 4.78 is 10.9. The average Bonchev–Trinajstić information content (AvgIpc) is 2.65. The number of rotatable bonds is 9. The third-order valence-electron chi connectivity index (χ3n) is 4.20. The van der Waals surface area contributed by atoms with Crippen LogP contribution < -0.4 is 14.8 Å². The predicted molar refractivity (Wildman–Crippen MR) is 102 cm³/mol. The van der Waals surface area contributed by atoms with Gasteiger partial charge in [-0.1, -0.05) is 30.3 Å². The van der Waals surface area contributed by atoms with Crippen molar-refractivity contribution in [1.29, 1.82) is 0 Å². The fourth-order valence-corrected chi connectivity index (χ4v) is 2.68. The maximum Gasteiger partial charge on any atom is 0.220 e. The Balaban J connectivity index is 1.68. The zero-order valence-corrected chi connectivity index (χ0v) is 15.6. The second-order valence-electron chi connectivity index (χ2n) is 6.27. The maximum atomic E-state index is 11.9. The topological polar surface area (TPSA) is 67.8 Å². The lowest BCUT2D eigenvalue weighted by atomic mass is 10.1. The molecule has 26 heavy (non-hydrogen) atoms. The van der Waals surface area contributed by atoms with E-state index in [0.29, 0.717) is 19.4 Å². The molecule has 0 fully saturated rings. The molecule has 140 valence electrons. The van der Waals surface area contributed by atoms with Gasteiger partial charge in [-0.3, -0.25) is 4.79 Å². The highest BCUT2D eigenvalue weighted by molar-refractivity contribution is 5.75. The molecular formula is C21H27NO4. The van der Waals surface area contributed by atoms with Crippen LogP contribution in [0.2, 0.25) is 0 Å². The summed E-state index contributed by atoms with van der Waals surface area (Å²) in [5.41, 5.74) is 2.93. The quantitative estimate of drug-likeness (QED) is 0.676. The van der Waals surface area contributed by atoms with Crippen LogP contribution in [-0.2, 0) is 4.79 Å². The second-order valence-corrected chi connectivity index (χ2v) is 6.27. The van der Waals surface area contributed by atoms with Crippen LogP contribution in [0, 0.1) is 13.8 Å². The van der Waals surface area contributed by atoms with Crippen molar-refractivity contribution >= 4 is 5.91 Å². The van der Waals surface area contributed by atoms with Crippen molar-refractivity contribution in [3.05, 3.63) is 59.2 Å². The van der Waals surface area contributed by atoms with Gasteiger partial charge in [0.25, 0.3) is 0 Å². The Morgan fingerprint density at radius 1 is 1.12 bits per heavy atom. The summed E-state index contributed by atoms with van der Waals surface area (Å²) in [5, 5.41) is 12.9. The Morgan fingerprint density at radius 2 is 1.77 bits per heavy atom. The number of ether oxygens (including phenoxy) is 2. The summed E-state index contributed by atoms with van der Waals surface area (Å²) >= 11 is 0. The van der Waals surface area contributed by atoms with Crippen molar-refractivity contribution in [3.63, 3.8) is 0 Å². The van der Waals surface area contributed by atoms with E-state index in [-0.39, 0.29) is 12.5 Å². The van der Waals surface area contributed by atoms with Gasteiger partial charge in [-0.05, 0) is 49.1 Å². The van der Waals surface area contributed by atoms with Crippen molar-refractivity contribution in [2.75, 3.05) is 20.3 Å². The zero-order chi connectivity index (χ0) is 18.9. The molecule has 5 nitrogen and oxygen atoms in total. The minimum absolute atomic E-state index is 0.0948. The van der Waals surface area contributed by atoms with Crippen LogP contribution in [0.1, 0.15) is 35.6 Å². The predicted octanol–water partition coefficient (Wildman–Crippen LogP) is 3.32. The Morgan fingerprint density at radius 3 is 2.38 bits per heavy atom. The van der Waals surface area contributed by atoms with Crippen LogP contribution in [0.4, 0.5) is 0 Å². The lowest BCUT2D eigenvalue weighted by Crippen LogP contribution is -2.28. The number of carbonyl (C=O) groups is 1. The molecule has 0 saturated heterocycles. The van der Waals surface area contributed by atoms with E-state index in [1.54, 1.807) is 31.4 Å². The molecule has 5 heteroatoms. The van der Waals surface area contributed by atoms with E-state index in [4.69, 9.17) is 9.47 Å². The summed E-state index contributed by atoms with van der Waals surface area (Å²) in [6.07, 6.45) is 0.245. The Bertz CT molecular complexity index is 692. The number of aliphatic hydroxyl groups excluding tert-OH is 1. The first-order valence-electron chi connectivity index (χ1n) is 8.79. The number of aliphatic hydroxyl groups is 1. The summed E-state index contributed by atoms with van der Waals surface area (Å²) in [4.78, 5) is 11.9. The Labute approximate surface area is 155 Å². The smallest absolute Gasteiger partial charge is 0.220 e. The number of hydrogen-bond acceptors (Lipinski definition) is 4. The number of hydrogen-bond donors (Lipinski definition) is 2. The fraction of sp³-hybridized carbons (Fsp3) is 0.381. The largest absolute Gasteiger partial charge is 0.497 e. The van der Waals surface area contributed by atoms with Crippen LogP contribution in [-0.4, -0.2) is 31.3 Å². The molecule has 0 aliphatic carbocycles. The normalized spacial score (nSPS) is 11.7. The summed E-state index contributed by atoms with van der Waals surface area (Å²) in [7, 11) is 1.59. The molecule has 0 bridgehead atoms. The minimum Gasteiger partial charge on any atom is -0.497 e. The summed E-state index contributed by atoms with van der Waals surface area (Å²) in [6, 6.07) is 13.2. The average molecular weight is 357 g/mol. The first-order chi connectivity index (χ1) is 12.5. The van der Waals surface area contributed by atoms with E-state index in [9.17, 15) is 9.90 Å². The molecule has 2 rings (SSSR count). The molecule has 2 N–H and O–H groups in total. The van der Waals surface area contributed by atoms with Crippen molar-refractivity contribution < 1.29 is 19.4 Å². The Hall–Kier alpha value is -2.53. The first-order valence-corrected chi connectivity index (χ1v) is 8.79. The number of para-hydroxylation sites is 1. The van der Waals surface area contributed by atoms with Gasteiger partial charge in [0, 0.05) is 13.0 Å². The van der Waals surface area contributed by atoms with Crippen LogP contribution in [0.5, 0.6) is 11.5 Å². The standard InChI is InChI=1S/C21H27NO4/c1-15-6-4-7-16(2)21(15)26-13-5-8-20(24)22-14-19(23)17-9-11-18(25-3)12-10-17/h4,6-7,9-12,19,23H,5,8,13-14H2,1-3H3,(H,22,24). The highest BCUT2D eigenvalue weighted by Crippen LogP contribution is 2.22. The van der Waals surface area contributed by atoms with E-state index in [1.165, 1.54) is 0 Å². The molecule has 1 atom stereocenters. The van der Waals surface area contributed by atoms with Gasteiger partial charge in [-0.15, -0.1) is 0 Å². The molecule has 0 radical (unpaired) electrons. The highest BCUT2D eigenvalue weighted by atomic mass is 16.5. The molecule has 1 unspecified atom stereocenters. The monoisotopic (exact) mass is 357 g/mol. The van der Waals surface area contributed by atoms with Crippen LogP contribution >= 0.6 is 0 Å². The number of carbonyl (C=O) groups excluding carboxylic acids is 1. The summed E-state index contributed by atoms with van der Waals surface area (Å²) in [6.45, 7) is 4.69. The number of nitrogens with one attached hydrogen (secondary N) is 1. The van der Waals surface area contributed by atoms with E-state index in [1.807, 2.05) is 32.0 Å². The highest BCUT2D eigenvalue weighted by Gasteiger charge is 2.10. The van der Waals surface area contributed by atoms with E-state index < -0.39 is 6.10 Å². The number of benzene rings is 2. The Kier molecular flexibility index (Phi) is 7.48. The fourth-order valence-electron chi connectivity index (χ4n) is 2.68. The van der Waals surface area contributed by atoms with E-state index in [0.717, 1.165) is 28.2 Å². The van der Waals surface area contributed by atoms with Gasteiger partial charge in [0.1, 0.15) is 11.5 Å². The van der Waals surface area contributed by atoms with Crippen LogP contribution in [0.25, 0.3) is 0 Å². The van der Waals surface area contributed by atoms with Crippen molar-refractivity contribution in [2.45, 2.75) is 32.8 Å². The third-order valence-corrected chi connectivity index (χ3v) is 4.20. The van der Waals surface area contributed by atoms with Gasteiger partial charge in [0.05, 0.1) is 19.8 Å². The lowest BCUT2D eigenvalue weighted by molar-refractivity contribution is -0.121. The van der Waals surface area contributed by atoms with Gasteiger partial charge in [-0.2, -0.15) is 0 Å². The SMILES string of the molecule is COc1ccc(C(O)CNC(=O)CCCOc2c(C)cccc2C)cc1. The molecule has 2 aromatic rings. The van der Waals surface area contributed by atoms with E-state index >= 15 is 0 Å². The number of methoxy groups -OCH3 is 1. The molecule has 0 aliphatic rings. The van der Waals surface area contributed by atoms with E-state index in [2.05, 4.69) is 5.32 Å². The van der Waals surface area contributed by atoms with Crippen molar-refractivity contribution in [2.24, 2.45) is 0 Å².